The van der Waals surface area contributed by atoms with Crippen molar-refractivity contribution in [1.29, 1.82) is 0 Å². The minimum atomic E-state index is -1.02. The molecule has 11 heavy (non-hydrogen) atoms. The van der Waals surface area contributed by atoms with Crippen LogP contribution >= 0.6 is 11.8 Å². The summed E-state index contributed by atoms with van der Waals surface area (Å²) in [6, 6.07) is 3.54. The van der Waals surface area contributed by atoms with E-state index in [2.05, 4.69) is 10.2 Å². The van der Waals surface area contributed by atoms with Gasteiger partial charge in [-0.05, 0) is 18.4 Å². The lowest BCUT2D eigenvalue weighted by molar-refractivity contribution is 0.680. The van der Waals surface area contributed by atoms with Crippen LogP contribution in [-0.2, 0) is 10.8 Å². The lowest BCUT2D eigenvalue weighted by atomic mass is 10.6. The predicted octanol–water partition coefficient (Wildman–Crippen LogP) is 0.936. The maximum absolute atomic E-state index is 10.8. The first-order valence-corrected chi connectivity index (χ1v) is 5.73. The van der Waals surface area contributed by atoms with E-state index in [1.165, 1.54) is 11.8 Å². The molecular formula is C6H8N2OS2. The third-order valence-electron chi connectivity index (χ3n) is 1.12. The fraction of sp³-hybridized carbons (Fsp3) is 0.333. The van der Waals surface area contributed by atoms with Crippen molar-refractivity contribution < 1.29 is 4.21 Å². The lowest BCUT2D eigenvalue weighted by Crippen LogP contribution is -1.94. The highest BCUT2D eigenvalue weighted by molar-refractivity contribution is 7.98. The minimum absolute atomic E-state index is 0.530. The van der Waals surface area contributed by atoms with E-state index in [0.717, 1.165) is 5.03 Å². The number of hydrogen-bond donors (Lipinski definition) is 0. The van der Waals surface area contributed by atoms with E-state index in [4.69, 9.17) is 0 Å². The Morgan fingerprint density at radius 3 is 2.55 bits per heavy atom. The molecule has 1 heterocycles. The second-order valence-corrected chi connectivity index (χ2v) is 4.02. The van der Waals surface area contributed by atoms with Gasteiger partial charge in [0, 0.05) is 6.26 Å². The van der Waals surface area contributed by atoms with Gasteiger partial charge in [0.1, 0.15) is 10.1 Å². The first kappa shape index (κ1) is 8.67. The molecule has 1 aromatic rings. The molecule has 60 valence electrons. The number of aromatic nitrogens is 2. The molecule has 0 N–H and O–H groups in total. The molecule has 5 heteroatoms. The van der Waals surface area contributed by atoms with Crippen molar-refractivity contribution >= 4 is 22.6 Å². The number of hydrogen-bond acceptors (Lipinski definition) is 4. The highest BCUT2D eigenvalue weighted by Gasteiger charge is 1.98. The van der Waals surface area contributed by atoms with Gasteiger partial charge in [-0.25, -0.2) is 0 Å². The molecule has 0 radical (unpaired) electrons. The van der Waals surface area contributed by atoms with Crippen molar-refractivity contribution in [3.63, 3.8) is 0 Å². The van der Waals surface area contributed by atoms with Gasteiger partial charge in [0.05, 0.1) is 10.8 Å². The van der Waals surface area contributed by atoms with Crippen LogP contribution in [0, 0.1) is 0 Å². The van der Waals surface area contributed by atoms with Crippen molar-refractivity contribution in [3.05, 3.63) is 12.1 Å². The molecule has 0 aliphatic carbocycles. The van der Waals surface area contributed by atoms with E-state index in [0.29, 0.717) is 5.03 Å². The first-order chi connectivity index (χ1) is 5.24. The van der Waals surface area contributed by atoms with Crippen LogP contribution in [0.5, 0.6) is 0 Å². The summed E-state index contributed by atoms with van der Waals surface area (Å²) in [5.41, 5.74) is 0. The fourth-order valence-corrected chi connectivity index (χ4v) is 1.31. The van der Waals surface area contributed by atoms with Gasteiger partial charge >= 0.3 is 0 Å². The summed E-state index contributed by atoms with van der Waals surface area (Å²) in [5, 5.41) is 8.99. The van der Waals surface area contributed by atoms with Gasteiger partial charge in [-0.3, -0.25) is 4.21 Å². The predicted molar refractivity (Wildman–Crippen MR) is 46.1 cm³/mol. The molecule has 0 bridgehead atoms. The van der Waals surface area contributed by atoms with E-state index >= 15 is 0 Å². The van der Waals surface area contributed by atoms with E-state index in [1.807, 2.05) is 12.3 Å². The van der Waals surface area contributed by atoms with Crippen LogP contribution < -0.4 is 0 Å². The fourth-order valence-electron chi connectivity index (χ4n) is 0.570. The van der Waals surface area contributed by atoms with Crippen molar-refractivity contribution in [2.24, 2.45) is 0 Å². The number of nitrogens with zero attached hydrogens (tertiary/aromatic N) is 2. The van der Waals surface area contributed by atoms with Gasteiger partial charge in [-0.15, -0.1) is 22.0 Å². The van der Waals surface area contributed by atoms with Gasteiger partial charge in [0.2, 0.25) is 0 Å². The Balaban J connectivity index is 2.91. The molecule has 0 aliphatic rings. The van der Waals surface area contributed by atoms with Crippen LogP contribution in [0.2, 0.25) is 0 Å². The molecule has 1 rings (SSSR count). The second-order valence-electron chi connectivity index (χ2n) is 1.87. The third-order valence-corrected chi connectivity index (χ3v) is 2.56. The Hall–Kier alpha value is -0.420. The maximum Gasteiger partial charge on any atom is 0.149 e. The van der Waals surface area contributed by atoms with Crippen LogP contribution in [0.4, 0.5) is 0 Å². The van der Waals surface area contributed by atoms with Crippen molar-refractivity contribution in [2.75, 3.05) is 12.5 Å². The van der Waals surface area contributed by atoms with E-state index < -0.39 is 10.8 Å². The molecule has 0 fully saturated rings. The summed E-state index contributed by atoms with van der Waals surface area (Å²) in [6.45, 7) is 0. The Morgan fingerprint density at radius 1 is 1.45 bits per heavy atom. The normalized spacial score (nSPS) is 12.9. The second kappa shape index (κ2) is 3.82. The molecular weight excluding hydrogens is 180 g/mol. The summed E-state index contributed by atoms with van der Waals surface area (Å²) < 4.78 is 10.8. The van der Waals surface area contributed by atoms with Crippen molar-refractivity contribution in [2.45, 2.75) is 10.1 Å². The summed E-state index contributed by atoms with van der Waals surface area (Å²) >= 11 is 1.52. The average Bonchev–Trinajstić information content (AvgIpc) is 2.05. The van der Waals surface area contributed by atoms with E-state index in [1.54, 1.807) is 12.3 Å². The molecule has 0 aromatic carbocycles. The largest absolute Gasteiger partial charge is 0.253 e. The standard InChI is InChI=1S/C6H8N2OS2/c1-10-5-3-4-6(8-7-5)11(2)9/h3-4H,1-2H3. The molecule has 0 amide bonds. The van der Waals surface area contributed by atoms with Crippen LogP contribution in [0.15, 0.2) is 22.2 Å². The van der Waals surface area contributed by atoms with Gasteiger partial charge in [-0.1, -0.05) is 0 Å². The van der Waals surface area contributed by atoms with Crippen LogP contribution in [0.1, 0.15) is 0 Å². The SMILES string of the molecule is CSc1ccc(S(C)=O)nn1. The highest BCUT2D eigenvalue weighted by Crippen LogP contribution is 2.09. The minimum Gasteiger partial charge on any atom is -0.253 e. The van der Waals surface area contributed by atoms with Crippen molar-refractivity contribution in [1.82, 2.24) is 10.2 Å². The van der Waals surface area contributed by atoms with Gasteiger partial charge < -0.3 is 0 Å². The maximum atomic E-state index is 10.8. The monoisotopic (exact) mass is 188 g/mol. The van der Waals surface area contributed by atoms with Gasteiger partial charge in [0.15, 0.2) is 0 Å². The van der Waals surface area contributed by atoms with Gasteiger partial charge in [0.25, 0.3) is 0 Å². The summed E-state index contributed by atoms with van der Waals surface area (Å²) in [7, 11) is -1.02. The Kier molecular flexibility index (Phi) is 3.02. The zero-order valence-electron chi connectivity index (χ0n) is 6.27. The molecule has 0 aliphatic heterocycles. The first-order valence-electron chi connectivity index (χ1n) is 2.95. The summed E-state index contributed by atoms with van der Waals surface area (Å²) in [6.07, 6.45) is 3.51. The Labute approximate surface area is 72.1 Å². The van der Waals surface area contributed by atoms with Crippen molar-refractivity contribution in [3.8, 4) is 0 Å². The lowest BCUT2D eigenvalue weighted by Gasteiger charge is -1.94. The molecule has 1 aromatic heterocycles. The number of rotatable bonds is 2. The molecule has 3 nitrogen and oxygen atoms in total. The van der Waals surface area contributed by atoms with Crippen LogP contribution in [-0.4, -0.2) is 26.9 Å². The van der Waals surface area contributed by atoms with E-state index in [9.17, 15) is 4.21 Å². The third kappa shape index (κ3) is 2.27. The van der Waals surface area contributed by atoms with Crippen LogP contribution in [0.25, 0.3) is 0 Å². The average molecular weight is 188 g/mol. The summed E-state index contributed by atoms with van der Waals surface area (Å²) in [4.78, 5) is 0. The van der Waals surface area contributed by atoms with Gasteiger partial charge in [-0.2, -0.15) is 0 Å². The molecule has 0 saturated carbocycles. The van der Waals surface area contributed by atoms with Crippen LogP contribution in [0.3, 0.4) is 0 Å². The smallest absolute Gasteiger partial charge is 0.149 e. The quantitative estimate of drug-likeness (QED) is 0.648. The molecule has 0 saturated heterocycles. The molecule has 0 spiro atoms. The highest BCUT2D eigenvalue weighted by atomic mass is 32.2. The molecule has 1 atom stereocenters. The van der Waals surface area contributed by atoms with E-state index in [-0.39, 0.29) is 0 Å². The Morgan fingerprint density at radius 2 is 2.18 bits per heavy atom. The number of thioether (sulfide) groups is 1. The zero-order valence-corrected chi connectivity index (χ0v) is 7.91. The zero-order chi connectivity index (χ0) is 8.27. The topological polar surface area (TPSA) is 42.9 Å². The Bertz CT molecular complexity index is 260. The molecule has 1 unspecified atom stereocenters. The summed E-state index contributed by atoms with van der Waals surface area (Å²) in [5.74, 6) is 0.